The van der Waals surface area contributed by atoms with E-state index in [-0.39, 0.29) is 11.9 Å². The van der Waals surface area contributed by atoms with Crippen LogP contribution in [0.2, 0.25) is 5.02 Å². The van der Waals surface area contributed by atoms with Crippen LogP contribution in [0.1, 0.15) is 17.4 Å². The summed E-state index contributed by atoms with van der Waals surface area (Å²) in [5, 5.41) is 0.354. The predicted octanol–water partition coefficient (Wildman–Crippen LogP) is 1.96. The van der Waals surface area contributed by atoms with Gasteiger partial charge in [0.1, 0.15) is 11.6 Å². The molecule has 0 fully saturated rings. The Hall–Kier alpha value is -1.43. The first kappa shape index (κ1) is 13.0. The minimum atomic E-state index is -0.364. The summed E-state index contributed by atoms with van der Waals surface area (Å²) >= 11 is 6.02. The van der Waals surface area contributed by atoms with E-state index in [4.69, 9.17) is 17.4 Å². The molecule has 0 aliphatic heterocycles. The van der Waals surface area contributed by atoms with E-state index in [0.29, 0.717) is 11.4 Å². The third-order valence-corrected chi connectivity index (χ3v) is 3.17. The van der Waals surface area contributed by atoms with Crippen molar-refractivity contribution in [3.8, 4) is 0 Å². The summed E-state index contributed by atoms with van der Waals surface area (Å²) in [5.74, 6) is 6.05. The maximum atomic E-state index is 13.0. The van der Waals surface area contributed by atoms with Crippen molar-refractivity contribution >= 4 is 11.6 Å². The Balaban J connectivity index is 2.26. The molecule has 0 radical (unpaired) electrons. The summed E-state index contributed by atoms with van der Waals surface area (Å²) in [4.78, 5) is 4.23. The van der Waals surface area contributed by atoms with E-state index in [2.05, 4.69) is 10.4 Å². The third-order valence-electron chi connectivity index (χ3n) is 2.85. The van der Waals surface area contributed by atoms with Crippen molar-refractivity contribution < 1.29 is 4.39 Å². The molecule has 96 valence electrons. The summed E-state index contributed by atoms with van der Waals surface area (Å²) in [6, 6.07) is 4.06. The van der Waals surface area contributed by atoms with Crippen molar-refractivity contribution in [1.82, 2.24) is 15.0 Å². The zero-order valence-corrected chi connectivity index (χ0v) is 10.7. The lowest BCUT2D eigenvalue weighted by Crippen LogP contribution is -2.30. The molecule has 1 aromatic heterocycles. The predicted molar refractivity (Wildman–Crippen MR) is 68.4 cm³/mol. The second-order valence-electron chi connectivity index (χ2n) is 4.04. The van der Waals surface area contributed by atoms with Crippen molar-refractivity contribution in [2.24, 2.45) is 12.9 Å². The minimum Gasteiger partial charge on any atom is -0.338 e. The normalized spacial score (nSPS) is 12.7. The molecule has 18 heavy (non-hydrogen) atoms. The zero-order chi connectivity index (χ0) is 13.1. The fraction of sp³-hybridized carbons (Fsp3) is 0.250. The van der Waals surface area contributed by atoms with E-state index in [1.807, 2.05) is 17.8 Å². The topological polar surface area (TPSA) is 55.9 Å². The van der Waals surface area contributed by atoms with Crippen molar-refractivity contribution in [2.75, 3.05) is 0 Å². The van der Waals surface area contributed by atoms with Crippen molar-refractivity contribution in [3.05, 3.63) is 52.8 Å². The second-order valence-corrected chi connectivity index (χ2v) is 4.45. The van der Waals surface area contributed by atoms with Crippen LogP contribution in [0.25, 0.3) is 0 Å². The summed E-state index contributed by atoms with van der Waals surface area (Å²) in [6.45, 7) is 0. The van der Waals surface area contributed by atoms with Gasteiger partial charge in [-0.25, -0.2) is 9.37 Å². The van der Waals surface area contributed by atoms with Crippen LogP contribution in [0.5, 0.6) is 0 Å². The van der Waals surface area contributed by atoms with Gasteiger partial charge in [-0.05, 0) is 17.7 Å². The highest BCUT2D eigenvalue weighted by atomic mass is 35.5. The molecule has 0 aliphatic rings. The van der Waals surface area contributed by atoms with Crippen LogP contribution in [0.4, 0.5) is 4.39 Å². The van der Waals surface area contributed by atoms with Crippen LogP contribution in [-0.4, -0.2) is 9.55 Å². The number of nitrogens with two attached hydrogens (primary N) is 1. The summed E-state index contributed by atoms with van der Waals surface area (Å²) in [5.41, 5.74) is 3.44. The van der Waals surface area contributed by atoms with Gasteiger partial charge in [-0.15, -0.1) is 0 Å². The maximum absolute atomic E-state index is 13.0. The van der Waals surface area contributed by atoms with Gasteiger partial charge in [0.2, 0.25) is 0 Å². The van der Waals surface area contributed by atoms with Gasteiger partial charge in [-0.3, -0.25) is 11.3 Å². The first-order chi connectivity index (χ1) is 8.61. The van der Waals surface area contributed by atoms with E-state index < -0.39 is 0 Å². The lowest BCUT2D eigenvalue weighted by molar-refractivity contribution is 0.528. The highest BCUT2D eigenvalue weighted by molar-refractivity contribution is 6.31. The molecule has 0 aliphatic carbocycles. The molecule has 1 unspecified atom stereocenters. The van der Waals surface area contributed by atoms with Gasteiger partial charge in [0.05, 0.1) is 6.04 Å². The molecule has 2 rings (SSSR count). The Bertz CT molecular complexity index is 541. The number of nitrogens with zero attached hydrogens (tertiary/aromatic N) is 2. The number of aromatic nitrogens is 2. The first-order valence-corrected chi connectivity index (χ1v) is 5.87. The molecule has 0 saturated heterocycles. The van der Waals surface area contributed by atoms with E-state index in [0.717, 1.165) is 11.4 Å². The zero-order valence-electron chi connectivity index (χ0n) is 9.90. The largest absolute Gasteiger partial charge is 0.338 e. The van der Waals surface area contributed by atoms with Crippen LogP contribution >= 0.6 is 11.6 Å². The fourth-order valence-electron chi connectivity index (χ4n) is 1.82. The molecule has 1 atom stereocenters. The molecule has 0 amide bonds. The van der Waals surface area contributed by atoms with Crippen LogP contribution in [-0.2, 0) is 13.5 Å². The Labute approximate surface area is 110 Å². The van der Waals surface area contributed by atoms with Crippen LogP contribution < -0.4 is 11.3 Å². The molecular formula is C12H14ClFN4. The van der Waals surface area contributed by atoms with Crippen molar-refractivity contribution in [1.29, 1.82) is 0 Å². The van der Waals surface area contributed by atoms with Gasteiger partial charge in [-0.2, -0.15) is 0 Å². The molecule has 4 nitrogen and oxygen atoms in total. The number of hydrogen-bond donors (Lipinski definition) is 2. The Morgan fingerprint density at radius 1 is 1.56 bits per heavy atom. The smallest absolute Gasteiger partial charge is 0.124 e. The lowest BCUT2D eigenvalue weighted by Gasteiger charge is -2.17. The number of hydrogen-bond acceptors (Lipinski definition) is 3. The van der Waals surface area contributed by atoms with Crippen LogP contribution in [0.15, 0.2) is 30.6 Å². The Morgan fingerprint density at radius 3 is 2.89 bits per heavy atom. The molecule has 0 saturated carbocycles. The van der Waals surface area contributed by atoms with Gasteiger partial charge in [0, 0.05) is 30.9 Å². The van der Waals surface area contributed by atoms with Crippen molar-refractivity contribution in [2.45, 2.75) is 12.5 Å². The number of aryl methyl sites for hydroxylation is 1. The van der Waals surface area contributed by atoms with E-state index in [1.165, 1.54) is 12.1 Å². The number of benzene rings is 1. The average molecular weight is 269 g/mol. The average Bonchev–Trinajstić information content (AvgIpc) is 2.73. The number of nitrogens with one attached hydrogen (secondary N) is 1. The Morgan fingerprint density at radius 2 is 2.33 bits per heavy atom. The number of hydrazine groups is 1. The SMILES string of the molecule is Cn1ccnc1CC(NN)c1ccc(F)cc1Cl. The highest BCUT2D eigenvalue weighted by Crippen LogP contribution is 2.25. The first-order valence-electron chi connectivity index (χ1n) is 5.49. The van der Waals surface area contributed by atoms with Gasteiger partial charge in [-0.1, -0.05) is 17.7 Å². The molecule has 6 heteroatoms. The molecule has 0 spiro atoms. The molecular weight excluding hydrogens is 255 g/mol. The second kappa shape index (κ2) is 5.48. The summed E-state index contributed by atoms with van der Waals surface area (Å²) in [6.07, 6.45) is 4.15. The summed E-state index contributed by atoms with van der Waals surface area (Å²) < 4.78 is 14.9. The number of halogens is 2. The van der Waals surface area contributed by atoms with Gasteiger partial charge in [0.25, 0.3) is 0 Å². The number of imidazole rings is 1. The van der Waals surface area contributed by atoms with E-state index in [9.17, 15) is 4.39 Å². The van der Waals surface area contributed by atoms with E-state index >= 15 is 0 Å². The fourth-order valence-corrected chi connectivity index (χ4v) is 2.12. The molecule has 1 aromatic carbocycles. The van der Waals surface area contributed by atoms with Crippen LogP contribution in [0, 0.1) is 5.82 Å². The molecule has 2 aromatic rings. The molecule has 1 heterocycles. The number of rotatable bonds is 4. The monoisotopic (exact) mass is 268 g/mol. The Kier molecular flexibility index (Phi) is 3.96. The standard InChI is InChI=1S/C12H14ClFN4/c1-18-5-4-16-12(18)7-11(17-15)9-3-2-8(14)6-10(9)13/h2-6,11,17H,7,15H2,1H3. The third kappa shape index (κ3) is 2.69. The summed E-state index contributed by atoms with van der Waals surface area (Å²) in [7, 11) is 1.90. The highest BCUT2D eigenvalue weighted by Gasteiger charge is 2.16. The van der Waals surface area contributed by atoms with Crippen molar-refractivity contribution in [3.63, 3.8) is 0 Å². The maximum Gasteiger partial charge on any atom is 0.124 e. The molecule has 0 bridgehead atoms. The lowest BCUT2D eigenvalue weighted by atomic mass is 10.0. The van der Waals surface area contributed by atoms with Gasteiger partial charge in [0.15, 0.2) is 0 Å². The quantitative estimate of drug-likeness (QED) is 0.658. The van der Waals surface area contributed by atoms with Crippen LogP contribution in [0.3, 0.4) is 0 Å². The minimum absolute atomic E-state index is 0.209. The van der Waals surface area contributed by atoms with Gasteiger partial charge < -0.3 is 4.57 Å². The molecule has 3 N–H and O–H groups in total. The van der Waals surface area contributed by atoms with E-state index in [1.54, 1.807) is 12.3 Å². The van der Waals surface area contributed by atoms with Gasteiger partial charge >= 0.3 is 0 Å².